The van der Waals surface area contributed by atoms with E-state index < -0.39 is 0 Å². The van der Waals surface area contributed by atoms with Crippen LogP contribution in [0, 0.1) is 0 Å². The summed E-state index contributed by atoms with van der Waals surface area (Å²) in [4.78, 5) is 22.1. The van der Waals surface area contributed by atoms with E-state index in [9.17, 15) is 4.79 Å². The minimum absolute atomic E-state index is 0.191. The van der Waals surface area contributed by atoms with Crippen molar-refractivity contribution in [2.75, 3.05) is 6.61 Å². The van der Waals surface area contributed by atoms with Gasteiger partial charge in [-0.3, -0.25) is 4.79 Å². The van der Waals surface area contributed by atoms with E-state index in [1.807, 2.05) is 24.4 Å². The third kappa shape index (κ3) is 5.02. The summed E-state index contributed by atoms with van der Waals surface area (Å²) in [5.41, 5.74) is 1.98. The summed E-state index contributed by atoms with van der Waals surface area (Å²) in [7, 11) is 0. The molecule has 0 amide bonds. The van der Waals surface area contributed by atoms with Crippen LogP contribution in [0.2, 0.25) is 0 Å². The summed E-state index contributed by atoms with van der Waals surface area (Å²) in [6.45, 7) is 6.00. The number of esters is 1. The quantitative estimate of drug-likeness (QED) is 0.185. The number of alkyl halides is 1. The predicted molar refractivity (Wildman–Crippen MR) is 104 cm³/mol. The third-order valence-electron chi connectivity index (χ3n) is 3.00. The number of ether oxygens (including phenoxy) is 1. The Morgan fingerprint density at radius 2 is 2.35 bits per heavy atom. The number of rotatable bonds is 8. The molecule has 0 spiro atoms. The molecule has 2 rings (SSSR count). The van der Waals surface area contributed by atoms with E-state index in [2.05, 4.69) is 34.2 Å². The van der Waals surface area contributed by atoms with Crippen molar-refractivity contribution in [2.24, 2.45) is 0 Å². The molecule has 2 aromatic heterocycles. The van der Waals surface area contributed by atoms with Crippen LogP contribution in [0.1, 0.15) is 24.6 Å². The molecule has 0 bridgehead atoms. The standard InChI is InChI=1S/C16H17IN2O2S2/c1-3-21-14(20)8-7-11-12(10-17)18-15(13-6-5-9-23-13)19-16(11)22-4-2/h4-6,9H,2-3,7-8,10H2,1H3. The molecule has 0 aliphatic carbocycles. The van der Waals surface area contributed by atoms with E-state index >= 15 is 0 Å². The van der Waals surface area contributed by atoms with Crippen molar-refractivity contribution < 1.29 is 9.53 Å². The minimum Gasteiger partial charge on any atom is -0.466 e. The van der Waals surface area contributed by atoms with E-state index in [-0.39, 0.29) is 5.97 Å². The molecule has 2 aromatic rings. The van der Waals surface area contributed by atoms with Crippen molar-refractivity contribution in [1.82, 2.24) is 9.97 Å². The van der Waals surface area contributed by atoms with E-state index in [1.165, 1.54) is 11.8 Å². The maximum absolute atomic E-state index is 11.6. The van der Waals surface area contributed by atoms with E-state index in [1.54, 1.807) is 16.7 Å². The lowest BCUT2D eigenvalue weighted by molar-refractivity contribution is -0.143. The summed E-state index contributed by atoms with van der Waals surface area (Å²) >= 11 is 5.38. The molecule has 0 aromatic carbocycles. The van der Waals surface area contributed by atoms with Crippen LogP contribution in [-0.2, 0) is 20.4 Å². The fraction of sp³-hybridized carbons (Fsp3) is 0.312. The lowest BCUT2D eigenvalue weighted by Crippen LogP contribution is -2.09. The highest BCUT2D eigenvalue weighted by atomic mass is 127. The first-order chi connectivity index (χ1) is 11.2. The lowest BCUT2D eigenvalue weighted by atomic mass is 10.1. The smallest absolute Gasteiger partial charge is 0.306 e. The van der Waals surface area contributed by atoms with Gasteiger partial charge in [0.2, 0.25) is 0 Å². The van der Waals surface area contributed by atoms with Gasteiger partial charge in [-0.15, -0.1) is 11.3 Å². The van der Waals surface area contributed by atoms with Crippen LogP contribution in [0.3, 0.4) is 0 Å². The van der Waals surface area contributed by atoms with Crippen LogP contribution >= 0.6 is 45.7 Å². The van der Waals surface area contributed by atoms with Crippen LogP contribution in [0.25, 0.3) is 10.7 Å². The van der Waals surface area contributed by atoms with Crippen LogP contribution in [-0.4, -0.2) is 22.5 Å². The number of aromatic nitrogens is 2. The monoisotopic (exact) mass is 460 g/mol. The Kier molecular flexibility index (Phi) is 7.51. The number of thiophene rings is 1. The van der Waals surface area contributed by atoms with Gasteiger partial charge in [0.25, 0.3) is 0 Å². The van der Waals surface area contributed by atoms with Gasteiger partial charge in [-0.1, -0.05) is 47.0 Å². The van der Waals surface area contributed by atoms with Crippen molar-refractivity contribution in [3.63, 3.8) is 0 Å². The second-order valence-electron chi connectivity index (χ2n) is 4.48. The molecule has 0 fully saturated rings. The molecular formula is C16H17IN2O2S2. The van der Waals surface area contributed by atoms with Gasteiger partial charge in [0.1, 0.15) is 5.03 Å². The van der Waals surface area contributed by atoms with E-state index in [0.29, 0.717) is 19.4 Å². The Labute approximate surface area is 157 Å². The number of thioether (sulfide) groups is 1. The van der Waals surface area contributed by atoms with Gasteiger partial charge in [0.15, 0.2) is 5.82 Å². The van der Waals surface area contributed by atoms with Crippen molar-refractivity contribution in [3.8, 4) is 10.7 Å². The van der Waals surface area contributed by atoms with Crippen LogP contribution in [0.5, 0.6) is 0 Å². The maximum atomic E-state index is 11.6. The third-order valence-corrected chi connectivity index (χ3v) is 5.32. The fourth-order valence-corrected chi connectivity index (χ4v) is 3.97. The normalized spacial score (nSPS) is 10.5. The highest BCUT2D eigenvalue weighted by Crippen LogP contribution is 2.30. The van der Waals surface area contributed by atoms with E-state index in [0.717, 1.165) is 31.4 Å². The maximum Gasteiger partial charge on any atom is 0.306 e. The number of nitrogens with zero attached hydrogens (tertiary/aromatic N) is 2. The Balaban J connectivity index is 2.35. The summed E-state index contributed by atoms with van der Waals surface area (Å²) in [6, 6.07) is 4.00. The largest absolute Gasteiger partial charge is 0.466 e. The SMILES string of the molecule is C=CSc1nc(-c2cccs2)nc(CI)c1CCC(=O)OCC. The molecule has 4 nitrogen and oxygen atoms in total. The predicted octanol–water partition coefficient (Wildman–Crippen LogP) is 4.87. The van der Waals surface area contributed by atoms with Gasteiger partial charge >= 0.3 is 5.97 Å². The lowest BCUT2D eigenvalue weighted by Gasteiger charge is -2.12. The molecule has 0 aliphatic heterocycles. The summed E-state index contributed by atoms with van der Waals surface area (Å²) in [5, 5.41) is 4.64. The van der Waals surface area contributed by atoms with Crippen molar-refractivity contribution in [1.29, 1.82) is 0 Å². The van der Waals surface area contributed by atoms with Crippen LogP contribution in [0.15, 0.2) is 34.5 Å². The second kappa shape index (κ2) is 9.39. The molecule has 0 saturated heterocycles. The number of halogens is 1. The van der Waals surface area contributed by atoms with Gasteiger partial charge in [-0.2, -0.15) is 0 Å². The first kappa shape index (κ1) is 18.4. The zero-order valence-electron chi connectivity index (χ0n) is 12.8. The zero-order chi connectivity index (χ0) is 16.7. The first-order valence-corrected chi connectivity index (χ1v) is 10.4. The molecule has 0 atom stereocenters. The highest BCUT2D eigenvalue weighted by Gasteiger charge is 2.16. The first-order valence-electron chi connectivity index (χ1n) is 7.12. The van der Waals surface area contributed by atoms with Crippen molar-refractivity contribution >= 4 is 51.7 Å². The molecule has 7 heteroatoms. The minimum atomic E-state index is -0.191. The molecule has 0 radical (unpaired) electrons. The van der Waals surface area contributed by atoms with Gasteiger partial charge in [0.05, 0.1) is 17.2 Å². The molecule has 23 heavy (non-hydrogen) atoms. The molecule has 122 valence electrons. The Morgan fingerprint density at radius 3 is 2.96 bits per heavy atom. The highest BCUT2D eigenvalue weighted by molar-refractivity contribution is 14.1. The van der Waals surface area contributed by atoms with Crippen molar-refractivity contribution in [3.05, 3.63) is 40.8 Å². The average Bonchev–Trinajstić information content (AvgIpc) is 3.08. The number of hydrogen-bond donors (Lipinski definition) is 0. The topological polar surface area (TPSA) is 52.1 Å². The molecule has 0 N–H and O–H groups in total. The zero-order valence-corrected chi connectivity index (χ0v) is 16.5. The molecular weight excluding hydrogens is 443 g/mol. The summed E-state index contributed by atoms with van der Waals surface area (Å²) in [6.07, 6.45) is 0.919. The fourth-order valence-electron chi connectivity index (χ4n) is 2.02. The van der Waals surface area contributed by atoms with Crippen molar-refractivity contribution in [2.45, 2.75) is 29.2 Å². The second-order valence-corrected chi connectivity index (χ2v) is 7.14. The number of carbonyl (C=O) groups is 1. The summed E-state index contributed by atoms with van der Waals surface area (Å²) in [5.74, 6) is 0.541. The molecule has 0 saturated carbocycles. The van der Waals surface area contributed by atoms with Gasteiger partial charge < -0.3 is 4.74 Å². The van der Waals surface area contributed by atoms with Gasteiger partial charge in [-0.05, 0) is 30.2 Å². The van der Waals surface area contributed by atoms with Gasteiger partial charge in [-0.25, -0.2) is 9.97 Å². The number of hydrogen-bond acceptors (Lipinski definition) is 6. The van der Waals surface area contributed by atoms with Crippen LogP contribution in [0.4, 0.5) is 0 Å². The Hall–Kier alpha value is -0.930. The molecule has 2 heterocycles. The molecule has 0 unspecified atom stereocenters. The molecule has 0 aliphatic rings. The Morgan fingerprint density at radius 1 is 1.52 bits per heavy atom. The Bertz CT molecular complexity index is 675. The summed E-state index contributed by atoms with van der Waals surface area (Å²) < 4.78 is 5.78. The van der Waals surface area contributed by atoms with Crippen LogP contribution < -0.4 is 0 Å². The average molecular weight is 460 g/mol. The number of carbonyl (C=O) groups excluding carboxylic acids is 1. The van der Waals surface area contributed by atoms with Gasteiger partial charge in [0, 0.05) is 16.4 Å². The van der Waals surface area contributed by atoms with E-state index in [4.69, 9.17) is 9.72 Å².